The topological polar surface area (TPSA) is 101 Å². The number of unbranched alkanes of at least 4 members (excludes halogenated alkanes) is 1. The average molecular weight is 300 g/mol. The average Bonchev–Trinajstić information content (AvgIpc) is 2.30. The fourth-order valence-electron chi connectivity index (χ4n) is 1.96. The molecule has 0 amide bonds. The van der Waals surface area contributed by atoms with Crippen molar-refractivity contribution in [1.82, 2.24) is 4.90 Å². The molecule has 0 atom stereocenters. The third kappa shape index (κ3) is 4.99. The van der Waals surface area contributed by atoms with Crippen LogP contribution in [0.3, 0.4) is 0 Å². The zero-order valence-electron chi connectivity index (χ0n) is 12.3. The van der Waals surface area contributed by atoms with Gasteiger partial charge in [0.15, 0.2) is 0 Å². The molecule has 114 valence electrons. The highest BCUT2D eigenvalue weighted by Gasteiger charge is 2.15. The lowest BCUT2D eigenvalue weighted by atomic mass is 10.1. The van der Waals surface area contributed by atoms with Gasteiger partial charge in [0.2, 0.25) is 10.0 Å². The first kappa shape index (κ1) is 16.7. The van der Waals surface area contributed by atoms with Crippen LogP contribution in [0.4, 0.5) is 11.4 Å². The molecule has 0 spiro atoms. The van der Waals surface area contributed by atoms with Gasteiger partial charge in [-0.15, -0.1) is 0 Å². The number of nitrogen functional groups attached to an aromatic ring is 1. The molecule has 0 fully saturated rings. The predicted octanol–water partition coefficient (Wildman–Crippen LogP) is 0.978. The Kier molecular flexibility index (Phi) is 5.79. The smallest absolute Gasteiger partial charge is 0.238 e. The second-order valence-electron chi connectivity index (χ2n) is 5.17. The molecule has 1 aromatic carbocycles. The van der Waals surface area contributed by atoms with E-state index in [0.29, 0.717) is 11.3 Å². The van der Waals surface area contributed by atoms with Crippen molar-refractivity contribution in [1.29, 1.82) is 0 Å². The summed E-state index contributed by atoms with van der Waals surface area (Å²) in [6, 6.07) is 3.12. The molecule has 0 saturated carbocycles. The van der Waals surface area contributed by atoms with E-state index in [1.165, 1.54) is 6.07 Å². The Morgan fingerprint density at radius 2 is 1.90 bits per heavy atom. The highest BCUT2D eigenvalue weighted by molar-refractivity contribution is 7.89. The number of hydrogen-bond acceptors (Lipinski definition) is 5. The summed E-state index contributed by atoms with van der Waals surface area (Å²) >= 11 is 0. The Labute approximate surface area is 121 Å². The van der Waals surface area contributed by atoms with Gasteiger partial charge in [-0.1, -0.05) is 0 Å². The van der Waals surface area contributed by atoms with Crippen molar-refractivity contribution in [3.05, 3.63) is 17.7 Å². The van der Waals surface area contributed by atoms with Crippen molar-refractivity contribution in [3.8, 4) is 0 Å². The quantitative estimate of drug-likeness (QED) is 0.514. The molecule has 0 bridgehead atoms. The van der Waals surface area contributed by atoms with Gasteiger partial charge in [0.25, 0.3) is 0 Å². The molecule has 0 unspecified atom stereocenters. The maximum absolute atomic E-state index is 11.5. The van der Waals surface area contributed by atoms with Crippen LogP contribution in [0.5, 0.6) is 0 Å². The zero-order valence-corrected chi connectivity index (χ0v) is 13.1. The van der Waals surface area contributed by atoms with Crippen LogP contribution in [0, 0.1) is 6.92 Å². The Hall–Kier alpha value is -1.31. The van der Waals surface area contributed by atoms with E-state index in [2.05, 4.69) is 10.2 Å². The summed E-state index contributed by atoms with van der Waals surface area (Å²) in [4.78, 5) is 2.21. The third-order valence-electron chi connectivity index (χ3n) is 3.04. The molecule has 0 heterocycles. The van der Waals surface area contributed by atoms with Crippen LogP contribution in [-0.2, 0) is 10.0 Å². The van der Waals surface area contributed by atoms with Crippen LogP contribution in [0.25, 0.3) is 0 Å². The Morgan fingerprint density at radius 1 is 1.25 bits per heavy atom. The van der Waals surface area contributed by atoms with Crippen molar-refractivity contribution in [2.24, 2.45) is 5.14 Å². The number of anilines is 2. The van der Waals surface area contributed by atoms with Gasteiger partial charge in [0.1, 0.15) is 0 Å². The number of primary sulfonamides is 1. The summed E-state index contributed by atoms with van der Waals surface area (Å²) < 4.78 is 23.0. The van der Waals surface area contributed by atoms with E-state index in [0.717, 1.165) is 31.6 Å². The van der Waals surface area contributed by atoms with E-state index in [1.54, 1.807) is 13.0 Å². The van der Waals surface area contributed by atoms with Crippen LogP contribution < -0.4 is 16.2 Å². The van der Waals surface area contributed by atoms with Crippen LogP contribution in [0.1, 0.15) is 18.4 Å². The van der Waals surface area contributed by atoms with E-state index < -0.39 is 10.0 Å². The van der Waals surface area contributed by atoms with Gasteiger partial charge in [0, 0.05) is 17.9 Å². The fourth-order valence-corrected chi connectivity index (χ4v) is 2.80. The van der Waals surface area contributed by atoms with E-state index in [-0.39, 0.29) is 4.90 Å². The molecule has 1 aromatic rings. The summed E-state index contributed by atoms with van der Waals surface area (Å²) in [5.41, 5.74) is 7.44. The second kappa shape index (κ2) is 6.92. The summed E-state index contributed by atoms with van der Waals surface area (Å²) in [6.45, 7) is 3.52. The number of nitrogens with zero attached hydrogens (tertiary/aromatic N) is 1. The van der Waals surface area contributed by atoms with E-state index >= 15 is 0 Å². The molecular weight excluding hydrogens is 276 g/mol. The molecule has 0 aliphatic rings. The molecule has 20 heavy (non-hydrogen) atoms. The monoisotopic (exact) mass is 300 g/mol. The Balaban J connectivity index is 2.74. The van der Waals surface area contributed by atoms with Crippen molar-refractivity contribution in [2.45, 2.75) is 24.7 Å². The third-order valence-corrected chi connectivity index (χ3v) is 4.07. The highest BCUT2D eigenvalue weighted by atomic mass is 32.2. The molecule has 0 saturated heterocycles. The lowest BCUT2D eigenvalue weighted by molar-refractivity contribution is 0.396. The maximum atomic E-state index is 11.5. The summed E-state index contributed by atoms with van der Waals surface area (Å²) in [7, 11) is 0.319. The first-order chi connectivity index (χ1) is 9.21. The Morgan fingerprint density at radius 3 is 2.45 bits per heavy atom. The molecule has 0 radical (unpaired) electrons. The van der Waals surface area contributed by atoms with Gasteiger partial charge >= 0.3 is 0 Å². The molecule has 5 N–H and O–H groups in total. The summed E-state index contributed by atoms with van der Waals surface area (Å²) in [6.07, 6.45) is 2.07. The van der Waals surface area contributed by atoms with Crippen LogP contribution in [-0.4, -0.2) is 40.5 Å². The fraction of sp³-hybridized carbons (Fsp3) is 0.538. The molecule has 0 aliphatic heterocycles. The second-order valence-corrected chi connectivity index (χ2v) is 6.70. The van der Waals surface area contributed by atoms with Gasteiger partial charge in [-0.2, -0.15) is 0 Å². The molecule has 1 rings (SSSR count). The number of benzene rings is 1. The first-order valence-electron chi connectivity index (χ1n) is 6.53. The standard InChI is InChI=1S/C13H24N4O2S/c1-10-12(16-6-4-5-7-17(2)3)8-11(14)9-13(10)20(15,18)19/h8-9,16H,4-7,14H2,1-3H3,(H2,15,18,19). The van der Waals surface area contributed by atoms with Crippen LogP contribution in [0.2, 0.25) is 0 Å². The number of nitrogens with two attached hydrogens (primary N) is 2. The predicted molar refractivity (Wildman–Crippen MR) is 83.2 cm³/mol. The maximum Gasteiger partial charge on any atom is 0.238 e. The molecule has 6 nitrogen and oxygen atoms in total. The van der Waals surface area contributed by atoms with Crippen molar-refractivity contribution >= 4 is 21.4 Å². The number of nitrogens with one attached hydrogen (secondary N) is 1. The SMILES string of the molecule is Cc1c(NCCCCN(C)C)cc(N)cc1S(N)(=O)=O. The number of rotatable bonds is 7. The molecule has 7 heteroatoms. The van der Waals surface area contributed by atoms with Crippen LogP contribution >= 0.6 is 0 Å². The lowest BCUT2D eigenvalue weighted by Crippen LogP contribution is -2.16. The van der Waals surface area contributed by atoms with Crippen LogP contribution in [0.15, 0.2) is 17.0 Å². The van der Waals surface area contributed by atoms with Crippen molar-refractivity contribution in [2.75, 3.05) is 38.2 Å². The van der Waals surface area contributed by atoms with Gasteiger partial charge in [0.05, 0.1) is 4.90 Å². The zero-order chi connectivity index (χ0) is 15.3. The Bertz CT molecular complexity index is 556. The molecule has 0 aliphatic carbocycles. The molecular formula is C13H24N4O2S. The van der Waals surface area contributed by atoms with Gasteiger partial charge < -0.3 is 16.0 Å². The normalized spacial score (nSPS) is 11.8. The first-order valence-corrected chi connectivity index (χ1v) is 8.08. The van der Waals surface area contributed by atoms with Gasteiger partial charge in [-0.3, -0.25) is 0 Å². The number of sulfonamides is 1. The minimum atomic E-state index is -3.75. The molecule has 0 aromatic heterocycles. The van der Waals surface area contributed by atoms with E-state index in [9.17, 15) is 8.42 Å². The van der Waals surface area contributed by atoms with Crippen molar-refractivity contribution < 1.29 is 8.42 Å². The number of hydrogen-bond donors (Lipinski definition) is 3. The largest absolute Gasteiger partial charge is 0.399 e. The van der Waals surface area contributed by atoms with Crippen molar-refractivity contribution in [3.63, 3.8) is 0 Å². The van der Waals surface area contributed by atoms with Gasteiger partial charge in [-0.05, 0) is 58.1 Å². The summed E-state index contributed by atoms with van der Waals surface area (Å²) in [5, 5.41) is 8.41. The minimum Gasteiger partial charge on any atom is -0.399 e. The lowest BCUT2D eigenvalue weighted by Gasteiger charge is -2.14. The van der Waals surface area contributed by atoms with Gasteiger partial charge in [-0.25, -0.2) is 13.6 Å². The van der Waals surface area contributed by atoms with E-state index in [1.807, 2.05) is 14.1 Å². The minimum absolute atomic E-state index is 0.0771. The highest BCUT2D eigenvalue weighted by Crippen LogP contribution is 2.26. The summed E-state index contributed by atoms with van der Waals surface area (Å²) in [5.74, 6) is 0. The van der Waals surface area contributed by atoms with E-state index in [4.69, 9.17) is 10.9 Å².